The van der Waals surface area contributed by atoms with Crippen molar-refractivity contribution in [3.8, 4) is 0 Å². The van der Waals surface area contributed by atoms with E-state index < -0.39 is 0 Å². The first kappa shape index (κ1) is 14.5. The Morgan fingerprint density at radius 2 is 1.74 bits per heavy atom. The lowest BCUT2D eigenvalue weighted by atomic mass is 10.1. The Labute approximate surface area is 118 Å². The van der Waals surface area contributed by atoms with Gasteiger partial charge in [-0.05, 0) is 31.4 Å². The molecule has 1 aromatic rings. The van der Waals surface area contributed by atoms with E-state index in [0.717, 1.165) is 12.5 Å². The van der Waals surface area contributed by atoms with Crippen LogP contribution in [0.25, 0.3) is 0 Å². The van der Waals surface area contributed by atoms with Crippen molar-refractivity contribution >= 4 is 0 Å². The molecule has 0 unspecified atom stereocenters. The van der Waals surface area contributed by atoms with Crippen molar-refractivity contribution in [2.45, 2.75) is 33.7 Å². The van der Waals surface area contributed by atoms with E-state index in [0.29, 0.717) is 0 Å². The van der Waals surface area contributed by atoms with Crippen LogP contribution in [0.4, 0.5) is 0 Å². The molecule has 0 aromatic heterocycles. The lowest BCUT2D eigenvalue weighted by Crippen LogP contribution is -2.46. The second kappa shape index (κ2) is 7.06. The first-order valence-corrected chi connectivity index (χ1v) is 7.64. The molecule has 0 saturated carbocycles. The lowest BCUT2D eigenvalue weighted by Gasteiger charge is -2.35. The first-order valence-electron chi connectivity index (χ1n) is 7.64. The smallest absolute Gasteiger partial charge is 0.0234 e. The summed E-state index contributed by atoms with van der Waals surface area (Å²) < 4.78 is 0. The molecule has 0 atom stereocenters. The zero-order valence-corrected chi connectivity index (χ0v) is 12.7. The number of hydrogen-bond acceptors (Lipinski definition) is 2. The van der Waals surface area contributed by atoms with Crippen LogP contribution in [0.3, 0.4) is 0 Å². The molecule has 0 spiro atoms. The monoisotopic (exact) mass is 260 g/mol. The van der Waals surface area contributed by atoms with Crippen molar-refractivity contribution in [2.24, 2.45) is 5.92 Å². The van der Waals surface area contributed by atoms with Crippen molar-refractivity contribution in [1.82, 2.24) is 9.80 Å². The molecule has 0 amide bonds. The summed E-state index contributed by atoms with van der Waals surface area (Å²) in [5.41, 5.74) is 2.82. The molecule has 0 N–H and O–H groups in total. The van der Waals surface area contributed by atoms with E-state index in [4.69, 9.17) is 0 Å². The highest BCUT2D eigenvalue weighted by molar-refractivity contribution is 5.22. The van der Waals surface area contributed by atoms with E-state index in [1.165, 1.54) is 50.3 Å². The number of hydrogen-bond donors (Lipinski definition) is 0. The maximum atomic E-state index is 2.62. The predicted molar refractivity (Wildman–Crippen MR) is 82.4 cm³/mol. The van der Waals surface area contributed by atoms with Gasteiger partial charge in [0.25, 0.3) is 0 Å². The fraction of sp³-hybridized carbons (Fsp3) is 0.647. The Morgan fingerprint density at radius 1 is 1.05 bits per heavy atom. The quantitative estimate of drug-likeness (QED) is 0.802. The molecule has 1 aliphatic rings. The average Bonchev–Trinajstić information content (AvgIpc) is 2.38. The molecule has 1 aliphatic heterocycles. The van der Waals surface area contributed by atoms with Crippen LogP contribution in [-0.4, -0.2) is 42.5 Å². The van der Waals surface area contributed by atoms with Gasteiger partial charge in [-0.15, -0.1) is 0 Å². The number of benzene rings is 1. The Kier molecular flexibility index (Phi) is 5.41. The first-order chi connectivity index (χ1) is 9.13. The van der Waals surface area contributed by atoms with Gasteiger partial charge < -0.3 is 4.90 Å². The molecule has 1 saturated heterocycles. The molecular formula is C17H28N2. The fourth-order valence-corrected chi connectivity index (χ4v) is 2.68. The maximum absolute atomic E-state index is 2.62. The second-order valence-electron chi connectivity index (χ2n) is 6.29. The summed E-state index contributed by atoms with van der Waals surface area (Å²) in [6.45, 7) is 14.1. The van der Waals surface area contributed by atoms with Crippen molar-refractivity contribution in [3.63, 3.8) is 0 Å². The predicted octanol–water partition coefficient (Wildman–Crippen LogP) is 3.16. The third-order valence-electron chi connectivity index (χ3n) is 3.98. The summed E-state index contributed by atoms with van der Waals surface area (Å²) in [5, 5.41) is 0. The van der Waals surface area contributed by atoms with Gasteiger partial charge in [0.2, 0.25) is 0 Å². The fourth-order valence-electron chi connectivity index (χ4n) is 2.68. The Hall–Kier alpha value is -0.860. The van der Waals surface area contributed by atoms with Gasteiger partial charge in [0, 0.05) is 32.7 Å². The van der Waals surface area contributed by atoms with Crippen molar-refractivity contribution in [1.29, 1.82) is 0 Å². The minimum atomic E-state index is 0.824. The minimum Gasteiger partial charge on any atom is -0.301 e. The normalized spacial score (nSPS) is 18.1. The summed E-state index contributed by atoms with van der Waals surface area (Å²) in [4.78, 5) is 5.20. The van der Waals surface area contributed by atoms with Crippen molar-refractivity contribution < 1.29 is 0 Å². The third-order valence-corrected chi connectivity index (χ3v) is 3.98. The highest BCUT2D eigenvalue weighted by Gasteiger charge is 2.16. The van der Waals surface area contributed by atoms with Crippen LogP contribution in [0.15, 0.2) is 24.3 Å². The van der Waals surface area contributed by atoms with Gasteiger partial charge in [0.05, 0.1) is 0 Å². The van der Waals surface area contributed by atoms with E-state index in [1.54, 1.807) is 0 Å². The molecule has 2 rings (SSSR count). The highest BCUT2D eigenvalue weighted by Crippen LogP contribution is 2.11. The van der Waals surface area contributed by atoms with Crippen LogP contribution in [0.1, 0.15) is 31.4 Å². The molecule has 0 radical (unpaired) electrons. The van der Waals surface area contributed by atoms with E-state index >= 15 is 0 Å². The van der Waals surface area contributed by atoms with Gasteiger partial charge in [-0.3, -0.25) is 4.90 Å². The summed E-state index contributed by atoms with van der Waals surface area (Å²) in [7, 11) is 0. The van der Waals surface area contributed by atoms with Crippen LogP contribution in [0, 0.1) is 12.8 Å². The molecular weight excluding hydrogens is 232 g/mol. The van der Waals surface area contributed by atoms with E-state index in [2.05, 4.69) is 54.8 Å². The SMILES string of the molecule is Cc1cccc(CN2CCN(CCC(C)C)CC2)c1. The van der Waals surface area contributed by atoms with Gasteiger partial charge in [-0.2, -0.15) is 0 Å². The largest absolute Gasteiger partial charge is 0.301 e. The molecule has 1 aromatic carbocycles. The lowest BCUT2D eigenvalue weighted by molar-refractivity contribution is 0.123. The molecule has 1 heterocycles. The van der Waals surface area contributed by atoms with Crippen molar-refractivity contribution in [2.75, 3.05) is 32.7 Å². The van der Waals surface area contributed by atoms with Crippen LogP contribution in [-0.2, 0) is 6.54 Å². The molecule has 19 heavy (non-hydrogen) atoms. The van der Waals surface area contributed by atoms with Gasteiger partial charge in [0.15, 0.2) is 0 Å². The van der Waals surface area contributed by atoms with Gasteiger partial charge >= 0.3 is 0 Å². The highest BCUT2D eigenvalue weighted by atomic mass is 15.3. The number of rotatable bonds is 5. The molecule has 2 heteroatoms. The second-order valence-corrected chi connectivity index (χ2v) is 6.29. The van der Waals surface area contributed by atoms with Crippen LogP contribution < -0.4 is 0 Å². The van der Waals surface area contributed by atoms with Gasteiger partial charge in [0.1, 0.15) is 0 Å². The maximum Gasteiger partial charge on any atom is 0.0234 e. The number of nitrogens with zero attached hydrogens (tertiary/aromatic N) is 2. The zero-order valence-electron chi connectivity index (χ0n) is 12.7. The topological polar surface area (TPSA) is 6.48 Å². The van der Waals surface area contributed by atoms with E-state index in [9.17, 15) is 0 Å². The minimum absolute atomic E-state index is 0.824. The molecule has 106 valence electrons. The Bertz CT molecular complexity index is 379. The molecule has 0 aliphatic carbocycles. The standard InChI is InChI=1S/C17H28N2/c1-15(2)7-8-18-9-11-19(12-10-18)14-17-6-4-5-16(3)13-17/h4-6,13,15H,7-12,14H2,1-3H3. The van der Waals surface area contributed by atoms with Gasteiger partial charge in [-0.1, -0.05) is 43.7 Å². The molecule has 1 fully saturated rings. The van der Waals surface area contributed by atoms with E-state index in [-0.39, 0.29) is 0 Å². The summed E-state index contributed by atoms with van der Waals surface area (Å²) in [6, 6.07) is 8.90. The summed E-state index contributed by atoms with van der Waals surface area (Å²) in [5.74, 6) is 0.824. The van der Waals surface area contributed by atoms with Crippen molar-refractivity contribution in [3.05, 3.63) is 35.4 Å². The zero-order chi connectivity index (χ0) is 13.7. The van der Waals surface area contributed by atoms with Crippen LogP contribution >= 0.6 is 0 Å². The van der Waals surface area contributed by atoms with Gasteiger partial charge in [-0.25, -0.2) is 0 Å². The van der Waals surface area contributed by atoms with Crippen LogP contribution in [0.2, 0.25) is 0 Å². The number of piperazine rings is 1. The number of aryl methyl sites for hydroxylation is 1. The molecule has 2 nitrogen and oxygen atoms in total. The average molecular weight is 260 g/mol. The Morgan fingerprint density at radius 3 is 2.37 bits per heavy atom. The Balaban J connectivity index is 1.74. The third kappa shape index (κ3) is 4.96. The van der Waals surface area contributed by atoms with Crippen LogP contribution in [0.5, 0.6) is 0 Å². The van der Waals surface area contributed by atoms with E-state index in [1.807, 2.05) is 0 Å². The summed E-state index contributed by atoms with van der Waals surface area (Å²) in [6.07, 6.45) is 1.33. The molecule has 0 bridgehead atoms. The summed E-state index contributed by atoms with van der Waals surface area (Å²) >= 11 is 0.